The lowest BCUT2D eigenvalue weighted by Crippen LogP contribution is -1.96. The van der Waals surface area contributed by atoms with Crippen molar-refractivity contribution < 1.29 is 0 Å². The van der Waals surface area contributed by atoms with Crippen LogP contribution in [0.15, 0.2) is 182 Å². The molecule has 0 radical (unpaired) electrons. The predicted molar refractivity (Wildman–Crippen MR) is 202 cm³/mol. The lowest BCUT2D eigenvalue weighted by atomic mass is 9.84. The fourth-order valence-corrected chi connectivity index (χ4v) is 7.08. The first kappa shape index (κ1) is 27.9. The lowest BCUT2D eigenvalue weighted by molar-refractivity contribution is 1.18. The van der Waals surface area contributed by atoms with Gasteiger partial charge < -0.3 is 0 Å². The van der Waals surface area contributed by atoms with Gasteiger partial charge in [0.1, 0.15) is 0 Å². The van der Waals surface area contributed by atoms with Crippen molar-refractivity contribution in [2.24, 2.45) is 0 Å². The second-order valence-electron chi connectivity index (χ2n) is 12.1. The summed E-state index contributed by atoms with van der Waals surface area (Å²) in [5.74, 6) is 0.715. The molecule has 0 bridgehead atoms. The van der Waals surface area contributed by atoms with Crippen molar-refractivity contribution in [2.75, 3.05) is 0 Å². The molecule has 0 spiro atoms. The molecule has 9 rings (SSSR count). The highest BCUT2D eigenvalue weighted by Crippen LogP contribution is 2.45. The van der Waals surface area contributed by atoms with Gasteiger partial charge in [0.2, 0.25) is 0 Å². The molecule has 0 saturated heterocycles. The van der Waals surface area contributed by atoms with Crippen molar-refractivity contribution in [3.63, 3.8) is 0 Å². The third-order valence-corrected chi connectivity index (χ3v) is 9.27. The van der Waals surface area contributed by atoms with Crippen LogP contribution in [-0.4, -0.2) is 9.97 Å². The van der Waals surface area contributed by atoms with Crippen LogP contribution in [0.5, 0.6) is 0 Å². The van der Waals surface area contributed by atoms with Gasteiger partial charge >= 0.3 is 0 Å². The predicted octanol–water partition coefficient (Wildman–Crippen LogP) is 12.3. The van der Waals surface area contributed by atoms with Gasteiger partial charge in [0.05, 0.1) is 11.4 Å². The molecule has 224 valence electrons. The fourth-order valence-electron chi connectivity index (χ4n) is 7.08. The van der Waals surface area contributed by atoms with Crippen molar-refractivity contribution in [3.05, 3.63) is 182 Å². The van der Waals surface area contributed by atoms with E-state index in [-0.39, 0.29) is 0 Å². The number of fused-ring (bicyclic) bond motifs is 3. The number of hydrogen-bond donors (Lipinski definition) is 0. The number of nitrogens with zero attached hydrogens (tertiary/aromatic N) is 2. The molecule has 0 saturated carbocycles. The minimum absolute atomic E-state index is 0.715. The zero-order chi connectivity index (χ0) is 31.9. The van der Waals surface area contributed by atoms with Gasteiger partial charge in [-0.25, -0.2) is 9.97 Å². The minimum atomic E-state index is 0.715. The summed E-state index contributed by atoms with van der Waals surface area (Å²) >= 11 is 0. The molecule has 0 aliphatic carbocycles. The molecular weight excluding hydrogens is 581 g/mol. The van der Waals surface area contributed by atoms with E-state index >= 15 is 0 Å². The Balaban J connectivity index is 1.28. The Hall–Kier alpha value is -6.38. The first-order valence-electron chi connectivity index (χ1n) is 16.3. The van der Waals surface area contributed by atoms with E-state index in [1.165, 1.54) is 49.0 Å². The Morgan fingerprint density at radius 3 is 1.42 bits per heavy atom. The summed E-state index contributed by atoms with van der Waals surface area (Å²) < 4.78 is 0. The van der Waals surface area contributed by atoms with Crippen molar-refractivity contribution in [3.8, 4) is 56.2 Å². The highest BCUT2D eigenvalue weighted by atomic mass is 14.9. The lowest BCUT2D eigenvalue weighted by Gasteiger charge is -2.19. The molecule has 0 unspecified atom stereocenters. The van der Waals surface area contributed by atoms with Crippen LogP contribution in [0.1, 0.15) is 0 Å². The summed E-state index contributed by atoms with van der Waals surface area (Å²) in [6.45, 7) is 0. The van der Waals surface area contributed by atoms with Crippen molar-refractivity contribution in [1.82, 2.24) is 9.97 Å². The first-order valence-corrected chi connectivity index (χ1v) is 16.3. The van der Waals surface area contributed by atoms with E-state index in [9.17, 15) is 0 Å². The van der Waals surface area contributed by atoms with E-state index in [1.54, 1.807) is 0 Å². The molecule has 2 heteroatoms. The van der Waals surface area contributed by atoms with Gasteiger partial charge in [-0.3, -0.25) is 0 Å². The van der Waals surface area contributed by atoms with E-state index in [4.69, 9.17) is 9.97 Å². The van der Waals surface area contributed by atoms with Crippen LogP contribution in [-0.2, 0) is 0 Å². The largest absolute Gasteiger partial charge is 0.228 e. The normalized spacial score (nSPS) is 11.3. The molecule has 0 amide bonds. The molecule has 1 aromatic heterocycles. The Kier molecular flexibility index (Phi) is 6.84. The van der Waals surface area contributed by atoms with Crippen molar-refractivity contribution in [1.29, 1.82) is 0 Å². The van der Waals surface area contributed by atoms with E-state index in [0.29, 0.717) is 5.82 Å². The maximum atomic E-state index is 5.13. The number of hydrogen-bond acceptors (Lipinski definition) is 2. The smallest absolute Gasteiger partial charge is 0.160 e. The molecule has 48 heavy (non-hydrogen) atoms. The SMILES string of the molecule is c1ccc(-c2cc(-c3cccc(-c4c5ccccc5c(-c5cccc6ccccc56)c5ccccc45)c3)nc(-c3ccccc3)n2)cc1. The maximum Gasteiger partial charge on any atom is 0.160 e. The molecule has 8 aromatic carbocycles. The highest BCUT2D eigenvalue weighted by Gasteiger charge is 2.18. The number of aromatic nitrogens is 2. The molecule has 0 fully saturated rings. The van der Waals surface area contributed by atoms with Crippen LogP contribution >= 0.6 is 0 Å². The Labute approximate surface area is 279 Å². The fraction of sp³-hybridized carbons (Fsp3) is 0. The molecule has 0 aliphatic rings. The second kappa shape index (κ2) is 11.8. The maximum absolute atomic E-state index is 5.13. The topological polar surface area (TPSA) is 25.8 Å². The molecule has 1 heterocycles. The Morgan fingerprint density at radius 1 is 0.292 bits per heavy atom. The Bertz CT molecular complexity index is 2490. The highest BCUT2D eigenvalue weighted by molar-refractivity contribution is 6.23. The first-order chi connectivity index (χ1) is 23.8. The summed E-state index contributed by atoms with van der Waals surface area (Å²) in [4.78, 5) is 10.1. The molecule has 0 N–H and O–H groups in total. The third-order valence-electron chi connectivity index (χ3n) is 9.27. The van der Waals surface area contributed by atoms with Crippen LogP contribution < -0.4 is 0 Å². The van der Waals surface area contributed by atoms with Gasteiger partial charge in [0, 0.05) is 16.7 Å². The van der Waals surface area contributed by atoms with Crippen LogP contribution in [0.25, 0.3) is 88.5 Å². The number of rotatable bonds is 5. The van der Waals surface area contributed by atoms with Crippen LogP contribution in [0.4, 0.5) is 0 Å². The van der Waals surface area contributed by atoms with E-state index in [1.807, 2.05) is 24.3 Å². The van der Waals surface area contributed by atoms with E-state index < -0.39 is 0 Å². The third kappa shape index (κ3) is 4.83. The summed E-state index contributed by atoms with van der Waals surface area (Å²) in [7, 11) is 0. The average Bonchev–Trinajstić information content (AvgIpc) is 3.17. The van der Waals surface area contributed by atoms with Crippen molar-refractivity contribution in [2.45, 2.75) is 0 Å². The summed E-state index contributed by atoms with van der Waals surface area (Å²) in [5, 5.41) is 7.45. The summed E-state index contributed by atoms with van der Waals surface area (Å²) in [6.07, 6.45) is 0. The minimum Gasteiger partial charge on any atom is -0.228 e. The average molecular weight is 611 g/mol. The summed E-state index contributed by atoms with van der Waals surface area (Å²) in [5.41, 5.74) is 9.82. The van der Waals surface area contributed by atoms with Gasteiger partial charge in [-0.05, 0) is 66.7 Å². The Morgan fingerprint density at radius 2 is 0.750 bits per heavy atom. The van der Waals surface area contributed by atoms with Crippen LogP contribution in [0.3, 0.4) is 0 Å². The van der Waals surface area contributed by atoms with Crippen LogP contribution in [0.2, 0.25) is 0 Å². The monoisotopic (exact) mass is 610 g/mol. The zero-order valence-electron chi connectivity index (χ0n) is 26.2. The molecule has 0 aliphatic heterocycles. The summed E-state index contributed by atoms with van der Waals surface area (Å²) in [6, 6.07) is 64.5. The van der Waals surface area contributed by atoms with E-state index in [2.05, 4.69) is 158 Å². The molecule has 9 aromatic rings. The number of benzene rings is 8. The zero-order valence-corrected chi connectivity index (χ0v) is 26.2. The van der Waals surface area contributed by atoms with Gasteiger partial charge in [-0.15, -0.1) is 0 Å². The molecule has 0 atom stereocenters. The molecule has 2 nitrogen and oxygen atoms in total. The quantitative estimate of drug-likeness (QED) is 0.181. The molecular formula is C46H30N2. The van der Waals surface area contributed by atoms with Crippen molar-refractivity contribution >= 4 is 32.3 Å². The van der Waals surface area contributed by atoms with Gasteiger partial charge in [-0.1, -0.05) is 170 Å². The second-order valence-corrected chi connectivity index (χ2v) is 12.1. The van der Waals surface area contributed by atoms with Gasteiger partial charge in [0.15, 0.2) is 5.82 Å². The van der Waals surface area contributed by atoms with Gasteiger partial charge in [-0.2, -0.15) is 0 Å². The van der Waals surface area contributed by atoms with Crippen LogP contribution in [0, 0.1) is 0 Å². The standard InChI is InChI=1S/C46H30N2/c1-3-16-32(17-4-1)42-30-43(48-46(47-42)33-18-5-2-6-19-33)34-21-13-22-35(29-34)44-38-24-9-11-26-40(38)45(41-27-12-10-25-39(41)44)37-28-14-20-31-15-7-8-23-36(31)37/h1-30H. The van der Waals surface area contributed by atoms with Gasteiger partial charge in [0.25, 0.3) is 0 Å². The van der Waals surface area contributed by atoms with E-state index in [0.717, 1.165) is 33.6 Å².